The Balaban J connectivity index is 2.39. The van der Waals surface area contributed by atoms with Crippen LogP contribution in [-0.2, 0) is 19.6 Å². The Kier molecular flexibility index (Phi) is 7.17. The van der Waals surface area contributed by atoms with Crippen LogP contribution in [0.1, 0.15) is 35.9 Å². The Bertz CT molecular complexity index is 960. The Hall–Kier alpha value is -2.42. The number of rotatable bonds is 7. The molecule has 1 atom stereocenters. The molecule has 0 heterocycles. The highest BCUT2D eigenvalue weighted by Crippen LogP contribution is 2.25. The molecule has 0 aliphatic carbocycles. The van der Waals surface area contributed by atoms with Gasteiger partial charge in [-0.15, -0.1) is 0 Å². The predicted molar refractivity (Wildman–Crippen MR) is 105 cm³/mol. The van der Waals surface area contributed by atoms with Crippen LogP contribution in [0.5, 0.6) is 0 Å². The van der Waals surface area contributed by atoms with Crippen molar-refractivity contribution in [3.8, 4) is 0 Å². The van der Waals surface area contributed by atoms with E-state index in [0.717, 1.165) is 6.07 Å². The second-order valence-electron chi connectivity index (χ2n) is 5.90. The first-order valence-electron chi connectivity index (χ1n) is 8.56. The Morgan fingerprint density at radius 1 is 1.11 bits per heavy atom. The monoisotopic (exact) mass is 424 g/mol. The van der Waals surface area contributed by atoms with Gasteiger partial charge < -0.3 is 9.64 Å². The molecule has 0 aromatic heterocycles. The zero-order chi connectivity index (χ0) is 20.9. The fourth-order valence-corrected chi connectivity index (χ4v) is 3.68. The minimum absolute atomic E-state index is 0.0818. The molecule has 0 aliphatic heterocycles. The van der Waals surface area contributed by atoms with Gasteiger partial charge in [0, 0.05) is 18.7 Å². The van der Waals surface area contributed by atoms with Crippen LogP contribution in [0.4, 0.5) is 0 Å². The summed E-state index contributed by atoms with van der Waals surface area (Å²) in [7, 11) is -4.12. The van der Waals surface area contributed by atoms with Gasteiger partial charge in [-0.05, 0) is 32.0 Å². The van der Waals surface area contributed by atoms with E-state index in [4.69, 9.17) is 21.5 Å². The second-order valence-corrected chi connectivity index (χ2v) is 7.83. The Morgan fingerprint density at radius 3 is 2.25 bits per heavy atom. The molecule has 2 aromatic rings. The molecule has 2 rings (SSSR count). The number of hydrogen-bond acceptors (Lipinski definition) is 5. The number of nitrogens with zero attached hydrogens (tertiary/aromatic N) is 1. The van der Waals surface area contributed by atoms with Gasteiger partial charge >= 0.3 is 5.97 Å². The van der Waals surface area contributed by atoms with Crippen molar-refractivity contribution in [2.45, 2.75) is 24.8 Å². The summed E-state index contributed by atoms with van der Waals surface area (Å²) < 4.78 is 28.7. The van der Waals surface area contributed by atoms with E-state index in [2.05, 4.69) is 0 Å². The number of nitrogens with two attached hydrogens (primary N) is 1. The zero-order valence-electron chi connectivity index (χ0n) is 15.5. The summed E-state index contributed by atoms with van der Waals surface area (Å²) in [6, 6.07) is 12.2. The van der Waals surface area contributed by atoms with E-state index < -0.39 is 27.0 Å². The van der Waals surface area contributed by atoms with Crippen molar-refractivity contribution in [1.29, 1.82) is 0 Å². The number of likely N-dealkylation sites (N-methyl/N-ethyl adjacent to an activating group) is 1. The third kappa shape index (κ3) is 5.09. The molecule has 150 valence electrons. The molecular weight excluding hydrogens is 404 g/mol. The molecule has 2 N–H and O–H groups in total. The fourth-order valence-electron chi connectivity index (χ4n) is 2.61. The molecule has 0 spiro atoms. The quantitative estimate of drug-likeness (QED) is 0.687. The number of carbonyl (C=O) groups excluding carboxylic acids is 2. The maximum atomic E-state index is 12.9. The number of esters is 1. The average molecular weight is 425 g/mol. The summed E-state index contributed by atoms with van der Waals surface area (Å²) in [5.41, 5.74) is 0.426. The lowest BCUT2D eigenvalue weighted by molar-refractivity contribution is -0.140. The van der Waals surface area contributed by atoms with E-state index in [1.165, 1.54) is 12.1 Å². The molecule has 0 unspecified atom stereocenters. The lowest BCUT2D eigenvalue weighted by atomic mass is 10.1. The van der Waals surface area contributed by atoms with Gasteiger partial charge in [0.25, 0.3) is 5.91 Å². The predicted octanol–water partition coefficient (Wildman–Crippen LogP) is 2.75. The van der Waals surface area contributed by atoms with Crippen molar-refractivity contribution in [1.82, 2.24) is 4.90 Å². The average Bonchev–Trinajstić information content (AvgIpc) is 2.66. The molecule has 0 radical (unpaired) electrons. The van der Waals surface area contributed by atoms with Crippen molar-refractivity contribution >= 4 is 33.5 Å². The van der Waals surface area contributed by atoms with E-state index in [1.807, 2.05) is 13.8 Å². The molecule has 1 amide bonds. The van der Waals surface area contributed by atoms with Crippen LogP contribution in [0.15, 0.2) is 53.4 Å². The van der Waals surface area contributed by atoms with Gasteiger partial charge in [0.05, 0.1) is 10.6 Å². The smallest absolute Gasteiger partial charge is 0.339 e. The number of hydrogen-bond donors (Lipinski definition) is 1. The number of halogens is 1. The minimum atomic E-state index is -4.12. The molecule has 9 heteroatoms. The highest BCUT2D eigenvalue weighted by molar-refractivity contribution is 7.89. The molecule has 0 aliphatic rings. The topological polar surface area (TPSA) is 107 Å². The van der Waals surface area contributed by atoms with Crippen LogP contribution in [0.2, 0.25) is 5.02 Å². The molecule has 7 nitrogen and oxygen atoms in total. The lowest BCUT2D eigenvalue weighted by Crippen LogP contribution is -2.36. The van der Waals surface area contributed by atoms with Crippen molar-refractivity contribution < 1.29 is 22.7 Å². The van der Waals surface area contributed by atoms with Crippen LogP contribution in [-0.4, -0.2) is 38.3 Å². The van der Waals surface area contributed by atoms with Gasteiger partial charge in [-0.3, -0.25) is 4.79 Å². The Morgan fingerprint density at radius 2 is 1.71 bits per heavy atom. The van der Waals surface area contributed by atoms with Gasteiger partial charge in [-0.1, -0.05) is 41.9 Å². The number of amides is 1. The molecule has 2 aromatic carbocycles. The van der Waals surface area contributed by atoms with E-state index in [9.17, 15) is 18.0 Å². The van der Waals surface area contributed by atoms with Gasteiger partial charge in [-0.2, -0.15) is 0 Å². The molecule has 0 fully saturated rings. The van der Waals surface area contributed by atoms with Crippen LogP contribution in [0.25, 0.3) is 0 Å². The van der Waals surface area contributed by atoms with E-state index in [0.29, 0.717) is 18.7 Å². The number of ether oxygens (including phenoxy) is 1. The van der Waals surface area contributed by atoms with Crippen LogP contribution < -0.4 is 5.14 Å². The normalized spacial score (nSPS) is 12.3. The van der Waals surface area contributed by atoms with Gasteiger partial charge in [0.15, 0.2) is 0 Å². The summed E-state index contributed by atoms with van der Waals surface area (Å²) in [4.78, 5) is 26.7. The Labute approximate surface area is 169 Å². The summed E-state index contributed by atoms with van der Waals surface area (Å²) in [5.74, 6) is -1.24. The summed E-state index contributed by atoms with van der Waals surface area (Å²) in [5, 5.41) is 5.00. The lowest BCUT2D eigenvalue weighted by Gasteiger charge is -2.25. The second kappa shape index (κ2) is 9.18. The molecule has 0 saturated heterocycles. The van der Waals surface area contributed by atoms with E-state index in [-0.39, 0.29) is 16.5 Å². The number of carbonyl (C=O) groups is 2. The fraction of sp³-hybridized carbons (Fsp3) is 0.263. The minimum Gasteiger partial charge on any atom is -0.444 e. The highest BCUT2D eigenvalue weighted by atomic mass is 35.5. The molecule has 0 bridgehead atoms. The largest absolute Gasteiger partial charge is 0.444 e. The SMILES string of the molecule is CCN(CC)C(=O)[C@@H](OC(=O)c1ccc(Cl)c(S(N)(=O)=O)c1)c1ccccc1. The maximum Gasteiger partial charge on any atom is 0.339 e. The van der Waals surface area contributed by atoms with E-state index >= 15 is 0 Å². The summed E-state index contributed by atoms with van der Waals surface area (Å²) in [6.07, 6.45) is -1.16. The van der Waals surface area contributed by atoms with Crippen molar-refractivity contribution in [2.24, 2.45) is 5.14 Å². The molecule has 28 heavy (non-hydrogen) atoms. The van der Waals surface area contributed by atoms with Crippen molar-refractivity contribution in [3.63, 3.8) is 0 Å². The first-order chi connectivity index (χ1) is 13.2. The summed E-state index contributed by atoms with van der Waals surface area (Å²) >= 11 is 5.84. The van der Waals surface area contributed by atoms with Crippen LogP contribution in [0, 0.1) is 0 Å². The third-order valence-corrected chi connectivity index (χ3v) is 5.49. The maximum absolute atomic E-state index is 12.9. The standard InChI is InChI=1S/C19H21ClN2O5S/c1-3-22(4-2)18(23)17(13-8-6-5-7-9-13)27-19(24)14-10-11-15(20)16(12-14)28(21,25)26/h5-12,17H,3-4H2,1-2H3,(H2,21,25,26)/t17-/m0/s1. The number of benzene rings is 2. The van der Waals surface area contributed by atoms with Crippen molar-refractivity contribution in [3.05, 3.63) is 64.7 Å². The highest BCUT2D eigenvalue weighted by Gasteiger charge is 2.29. The van der Waals surface area contributed by atoms with Crippen LogP contribution in [0.3, 0.4) is 0 Å². The zero-order valence-corrected chi connectivity index (χ0v) is 17.0. The van der Waals surface area contributed by atoms with Gasteiger partial charge in [0.2, 0.25) is 16.1 Å². The first kappa shape index (κ1) is 21.9. The van der Waals surface area contributed by atoms with Gasteiger partial charge in [0.1, 0.15) is 4.90 Å². The number of primary sulfonamides is 1. The summed E-state index contributed by atoms with van der Waals surface area (Å²) in [6.45, 7) is 4.55. The first-order valence-corrected chi connectivity index (χ1v) is 10.5. The molecular formula is C19H21ClN2O5S. The van der Waals surface area contributed by atoms with Crippen molar-refractivity contribution in [2.75, 3.05) is 13.1 Å². The van der Waals surface area contributed by atoms with Crippen LogP contribution >= 0.6 is 11.6 Å². The number of sulfonamides is 1. The van der Waals surface area contributed by atoms with Gasteiger partial charge in [-0.25, -0.2) is 18.4 Å². The molecule has 0 saturated carbocycles. The third-order valence-electron chi connectivity index (χ3n) is 4.10. The van der Waals surface area contributed by atoms with E-state index in [1.54, 1.807) is 35.2 Å².